The normalized spacial score (nSPS) is 16.3. The van der Waals surface area contributed by atoms with E-state index in [9.17, 15) is 9.18 Å². The quantitative estimate of drug-likeness (QED) is 0.504. The maximum absolute atomic E-state index is 13.4. The maximum atomic E-state index is 13.4. The van der Waals surface area contributed by atoms with Crippen molar-refractivity contribution in [3.8, 4) is 0 Å². The van der Waals surface area contributed by atoms with Crippen LogP contribution in [0.2, 0.25) is 0 Å². The van der Waals surface area contributed by atoms with E-state index in [0.717, 1.165) is 48.0 Å². The molecule has 1 fully saturated rings. The first-order valence-corrected chi connectivity index (χ1v) is 11.4. The number of hydrogen-bond donors (Lipinski definition) is 1. The zero-order chi connectivity index (χ0) is 22.9. The van der Waals surface area contributed by atoms with Crippen molar-refractivity contribution >= 4 is 10.9 Å². The molecule has 1 saturated heterocycles. The monoisotopic (exact) mass is 446 g/mol. The van der Waals surface area contributed by atoms with Crippen LogP contribution in [0.3, 0.4) is 0 Å². The minimum Gasteiger partial charge on any atom is -0.321 e. The van der Waals surface area contributed by atoms with Gasteiger partial charge in [-0.2, -0.15) is 0 Å². The van der Waals surface area contributed by atoms with Gasteiger partial charge < -0.3 is 4.98 Å². The number of nitrogens with zero attached hydrogens (tertiary/aromatic N) is 5. The van der Waals surface area contributed by atoms with Crippen LogP contribution in [0.25, 0.3) is 10.9 Å². The highest BCUT2D eigenvalue weighted by Crippen LogP contribution is 2.31. The van der Waals surface area contributed by atoms with Crippen molar-refractivity contribution < 1.29 is 4.39 Å². The standard InChI is InChI=1S/C25H27FN6O/c1-16-10-12-31(13-11-16)23(21-14-19-5-3-4-17(2)22(19)27-25(21)33)24-28-29-30-32(24)15-18-6-8-20(26)9-7-18/h3-9,14,16,23H,10-13,15H2,1-2H3,(H,27,33)/t23-/m0/s1. The van der Waals surface area contributed by atoms with Gasteiger partial charge in [0.05, 0.1) is 12.1 Å². The van der Waals surface area contributed by atoms with Crippen molar-refractivity contribution in [3.05, 3.63) is 87.2 Å². The molecule has 1 N–H and O–H groups in total. The minimum atomic E-state index is -0.374. The van der Waals surface area contributed by atoms with Gasteiger partial charge in [0.2, 0.25) is 0 Å². The summed E-state index contributed by atoms with van der Waals surface area (Å²) >= 11 is 0. The van der Waals surface area contributed by atoms with Gasteiger partial charge in [0.15, 0.2) is 5.82 Å². The number of aromatic amines is 1. The fourth-order valence-corrected chi connectivity index (χ4v) is 4.67. The number of likely N-dealkylation sites (tertiary alicyclic amines) is 1. The van der Waals surface area contributed by atoms with E-state index in [1.807, 2.05) is 31.2 Å². The maximum Gasteiger partial charge on any atom is 0.253 e. The van der Waals surface area contributed by atoms with Gasteiger partial charge >= 0.3 is 0 Å². The molecule has 2 aromatic heterocycles. The molecule has 1 aliphatic heterocycles. The first kappa shape index (κ1) is 21.5. The summed E-state index contributed by atoms with van der Waals surface area (Å²) in [5.41, 5.74) is 3.28. The lowest BCUT2D eigenvalue weighted by atomic mass is 9.95. The number of pyridine rings is 1. The number of fused-ring (bicyclic) bond motifs is 1. The zero-order valence-electron chi connectivity index (χ0n) is 18.8. The lowest BCUT2D eigenvalue weighted by molar-refractivity contribution is 0.149. The Bertz CT molecular complexity index is 1320. The third kappa shape index (κ3) is 4.30. The Hall–Kier alpha value is -3.39. The van der Waals surface area contributed by atoms with Crippen LogP contribution < -0.4 is 5.56 Å². The molecule has 0 spiro atoms. The molecule has 5 rings (SSSR count). The average molecular weight is 447 g/mol. The lowest BCUT2D eigenvalue weighted by Gasteiger charge is -2.35. The highest BCUT2D eigenvalue weighted by molar-refractivity contribution is 5.82. The highest BCUT2D eigenvalue weighted by atomic mass is 19.1. The summed E-state index contributed by atoms with van der Waals surface area (Å²) in [6.45, 7) is 6.37. The largest absolute Gasteiger partial charge is 0.321 e. The Morgan fingerprint density at radius 2 is 1.91 bits per heavy atom. The van der Waals surface area contributed by atoms with Crippen molar-refractivity contribution in [1.82, 2.24) is 30.1 Å². The van der Waals surface area contributed by atoms with Gasteiger partial charge in [-0.15, -0.1) is 5.10 Å². The smallest absolute Gasteiger partial charge is 0.253 e. The second kappa shape index (κ2) is 8.86. The van der Waals surface area contributed by atoms with Gasteiger partial charge in [-0.1, -0.05) is 37.3 Å². The molecule has 1 aliphatic rings. The lowest BCUT2D eigenvalue weighted by Crippen LogP contribution is -2.40. The molecule has 1 atom stereocenters. The summed E-state index contributed by atoms with van der Waals surface area (Å²) in [6, 6.07) is 13.9. The molecule has 4 aromatic rings. The van der Waals surface area contributed by atoms with Crippen LogP contribution in [0.5, 0.6) is 0 Å². The number of hydrogen-bond acceptors (Lipinski definition) is 5. The van der Waals surface area contributed by atoms with Gasteiger partial charge in [-0.3, -0.25) is 9.69 Å². The topological polar surface area (TPSA) is 79.7 Å². The van der Waals surface area contributed by atoms with E-state index in [0.29, 0.717) is 23.9 Å². The van der Waals surface area contributed by atoms with Crippen molar-refractivity contribution in [2.45, 2.75) is 39.3 Å². The third-order valence-corrected chi connectivity index (χ3v) is 6.64. The molecule has 170 valence electrons. The summed E-state index contributed by atoms with van der Waals surface area (Å²) in [7, 11) is 0. The Morgan fingerprint density at radius 1 is 1.15 bits per heavy atom. The number of aryl methyl sites for hydroxylation is 1. The first-order valence-electron chi connectivity index (χ1n) is 11.4. The fourth-order valence-electron chi connectivity index (χ4n) is 4.67. The van der Waals surface area contributed by atoms with Crippen LogP contribution in [0.4, 0.5) is 4.39 Å². The van der Waals surface area contributed by atoms with E-state index in [1.54, 1.807) is 16.8 Å². The first-order chi connectivity index (χ1) is 16.0. The van der Waals surface area contributed by atoms with Gasteiger partial charge in [0, 0.05) is 5.56 Å². The van der Waals surface area contributed by atoms with E-state index >= 15 is 0 Å². The molecular formula is C25H27FN6O. The van der Waals surface area contributed by atoms with Crippen LogP contribution >= 0.6 is 0 Å². The molecule has 7 nitrogen and oxygen atoms in total. The van der Waals surface area contributed by atoms with Crippen molar-refractivity contribution in [2.24, 2.45) is 5.92 Å². The third-order valence-electron chi connectivity index (χ3n) is 6.64. The fraction of sp³-hybridized carbons (Fsp3) is 0.360. The summed E-state index contributed by atoms with van der Waals surface area (Å²) in [5, 5.41) is 13.5. The predicted molar refractivity (Wildman–Crippen MR) is 124 cm³/mol. The number of tetrazole rings is 1. The molecule has 0 unspecified atom stereocenters. The van der Waals surface area contributed by atoms with Crippen LogP contribution in [-0.4, -0.2) is 43.2 Å². The molecule has 8 heteroatoms. The number of aromatic nitrogens is 5. The Balaban J connectivity index is 1.60. The molecule has 0 radical (unpaired) electrons. The van der Waals surface area contributed by atoms with Crippen molar-refractivity contribution in [2.75, 3.05) is 13.1 Å². The van der Waals surface area contributed by atoms with Crippen LogP contribution in [0.15, 0.2) is 53.3 Å². The molecule has 0 aliphatic carbocycles. The highest BCUT2D eigenvalue weighted by Gasteiger charge is 2.32. The number of H-pyrrole nitrogens is 1. The Morgan fingerprint density at radius 3 is 2.67 bits per heavy atom. The molecule has 0 saturated carbocycles. The van der Waals surface area contributed by atoms with Crippen molar-refractivity contribution in [1.29, 1.82) is 0 Å². The second-order valence-electron chi connectivity index (χ2n) is 9.04. The number of benzene rings is 2. The molecule has 2 aromatic carbocycles. The van der Waals surface area contributed by atoms with E-state index in [1.165, 1.54) is 12.1 Å². The Kier molecular flexibility index (Phi) is 5.76. The van der Waals surface area contributed by atoms with E-state index < -0.39 is 0 Å². The van der Waals surface area contributed by atoms with Crippen LogP contribution in [-0.2, 0) is 6.54 Å². The predicted octanol–water partition coefficient (Wildman–Crippen LogP) is 3.83. The molecule has 3 heterocycles. The molecular weight excluding hydrogens is 419 g/mol. The van der Waals surface area contributed by atoms with Gasteiger partial charge in [0.1, 0.15) is 11.9 Å². The summed E-state index contributed by atoms with van der Waals surface area (Å²) < 4.78 is 15.1. The number of rotatable bonds is 5. The number of halogens is 1. The van der Waals surface area contributed by atoms with Gasteiger partial charge in [-0.05, 0) is 83.9 Å². The van der Waals surface area contributed by atoms with E-state index in [2.05, 4.69) is 32.3 Å². The van der Waals surface area contributed by atoms with Gasteiger partial charge in [-0.25, -0.2) is 9.07 Å². The van der Waals surface area contributed by atoms with Crippen LogP contribution in [0.1, 0.15) is 48.3 Å². The van der Waals surface area contributed by atoms with E-state index in [-0.39, 0.29) is 17.4 Å². The SMILES string of the molecule is Cc1cccc2cc([C@@H](c3nnnn3Cc3ccc(F)cc3)N3CCC(C)CC3)c(=O)[nH]c12. The summed E-state index contributed by atoms with van der Waals surface area (Å²) in [5.74, 6) is 0.982. The van der Waals surface area contributed by atoms with Crippen molar-refractivity contribution in [3.63, 3.8) is 0 Å². The van der Waals surface area contributed by atoms with Gasteiger partial charge in [0.25, 0.3) is 5.56 Å². The number of nitrogens with one attached hydrogen (secondary N) is 1. The summed E-state index contributed by atoms with van der Waals surface area (Å²) in [6.07, 6.45) is 2.11. The summed E-state index contributed by atoms with van der Waals surface area (Å²) in [4.78, 5) is 18.7. The zero-order valence-corrected chi connectivity index (χ0v) is 18.8. The minimum absolute atomic E-state index is 0.128. The second-order valence-corrected chi connectivity index (χ2v) is 9.04. The molecule has 0 amide bonds. The van der Waals surface area contributed by atoms with Crippen LogP contribution in [0, 0.1) is 18.7 Å². The van der Waals surface area contributed by atoms with E-state index in [4.69, 9.17) is 0 Å². The Labute approximate surface area is 191 Å². The number of para-hydroxylation sites is 1. The molecule has 0 bridgehead atoms. The average Bonchev–Trinajstić information content (AvgIpc) is 3.25. The molecule has 33 heavy (non-hydrogen) atoms. The number of piperidine rings is 1.